The van der Waals surface area contributed by atoms with Crippen molar-refractivity contribution in [3.63, 3.8) is 0 Å². The number of rotatable bonds is 8. The summed E-state index contributed by atoms with van der Waals surface area (Å²) in [6.45, 7) is 0. The molecule has 6 atom stereocenters. The van der Waals surface area contributed by atoms with Crippen LogP contribution in [0.2, 0.25) is 0 Å². The minimum atomic E-state index is -0.702. The molecule has 0 unspecified atom stereocenters. The fourth-order valence-corrected chi connectivity index (χ4v) is 7.51. The van der Waals surface area contributed by atoms with Gasteiger partial charge in [-0.25, -0.2) is 9.59 Å². The molecule has 0 aromatic heterocycles. The van der Waals surface area contributed by atoms with Crippen molar-refractivity contribution in [2.45, 2.75) is 87.6 Å². The van der Waals surface area contributed by atoms with Gasteiger partial charge < -0.3 is 40.5 Å². The second-order valence-corrected chi connectivity index (χ2v) is 13.1. The molecule has 4 N–H and O–H groups in total. The predicted molar refractivity (Wildman–Crippen MR) is 184 cm³/mol. The quantitative estimate of drug-likeness (QED) is 0.305. The summed E-state index contributed by atoms with van der Waals surface area (Å²) in [7, 11) is 2.49. The van der Waals surface area contributed by atoms with Gasteiger partial charge in [-0.2, -0.15) is 0 Å². The lowest BCUT2D eigenvalue weighted by Crippen LogP contribution is -2.58. The van der Waals surface area contributed by atoms with Gasteiger partial charge in [0.15, 0.2) is 0 Å². The largest absolute Gasteiger partial charge is 0.453 e. The van der Waals surface area contributed by atoms with Crippen LogP contribution in [0.4, 0.5) is 21.0 Å². The molecule has 0 radical (unpaired) electrons. The van der Waals surface area contributed by atoms with Crippen molar-refractivity contribution < 1.29 is 38.2 Å². The highest BCUT2D eigenvalue weighted by molar-refractivity contribution is 6.00. The molecule has 0 saturated carbocycles. The first-order chi connectivity index (χ1) is 24.1. The molecule has 4 heterocycles. The van der Waals surface area contributed by atoms with Gasteiger partial charge in [-0.3, -0.25) is 19.2 Å². The molecule has 0 bridgehead atoms. The molecule has 4 saturated heterocycles. The third kappa shape index (κ3) is 7.43. The van der Waals surface area contributed by atoms with E-state index in [1.165, 1.54) is 14.2 Å². The molecule has 14 heteroatoms. The van der Waals surface area contributed by atoms with E-state index in [2.05, 4.69) is 30.7 Å². The summed E-state index contributed by atoms with van der Waals surface area (Å²) in [5.41, 5.74) is 3.04. The Hall–Kier alpha value is -5.40. The molecule has 6 rings (SSSR count). The number of hydrogen-bond acceptors (Lipinski definition) is 8. The minimum Gasteiger partial charge on any atom is -0.453 e. The number of nitrogens with zero attached hydrogens (tertiary/aromatic N) is 2. The number of alkyl carbamates (subject to hydrolysis) is 2. The Labute approximate surface area is 289 Å². The molecule has 4 aliphatic rings. The van der Waals surface area contributed by atoms with Gasteiger partial charge in [0, 0.05) is 23.5 Å². The fraction of sp³-hybridized carbons (Fsp3) is 0.444. The molecule has 4 aliphatic heterocycles. The first kappa shape index (κ1) is 34.5. The summed E-state index contributed by atoms with van der Waals surface area (Å²) in [6, 6.07) is 12.1. The minimum absolute atomic E-state index is 0.0154. The van der Waals surface area contributed by atoms with E-state index in [0.29, 0.717) is 49.9 Å². The van der Waals surface area contributed by atoms with E-state index in [1.807, 2.05) is 36.4 Å². The number of methoxy groups -OCH3 is 2. The first-order valence-corrected chi connectivity index (χ1v) is 17.0. The average Bonchev–Trinajstić information content (AvgIpc) is 3.77. The van der Waals surface area contributed by atoms with Gasteiger partial charge in [-0.15, -0.1) is 0 Å². The van der Waals surface area contributed by atoms with Crippen molar-refractivity contribution in [3.8, 4) is 0 Å². The van der Waals surface area contributed by atoms with Crippen molar-refractivity contribution in [2.24, 2.45) is 0 Å². The zero-order valence-corrected chi connectivity index (χ0v) is 28.1. The second-order valence-electron chi connectivity index (χ2n) is 13.1. The van der Waals surface area contributed by atoms with Crippen molar-refractivity contribution >= 4 is 59.3 Å². The second kappa shape index (κ2) is 15.0. The SMILES string of the molecule is COC(=O)N[C@H]1CC[C@H]2CC[C@@H](C(=O)Nc3ccc(/C=C/c4ccc(NC(=O)[C@@H]5CC[C@@H]6CC[C@H](NC(=O)OC)C(=O)N65)cc4)cc3)N2C1=O. The predicted octanol–water partition coefficient (Wildman–Crippen LogP) is 3.49. The van der Waals surface area contributed by atoms with Gasteiger partial charge in [-0.05, 0) is 86.8 Å². The zero-order chi connectivity index (χ0) is 35.4. The molecule has 264 valence electrons. The van der Waals surface area contributed by atoms with Crippen LogP contribution in [0.1, 0.15) is 62.5 Å². The molecule has 2 aromatic carbocycles. The topological polar surface area (TPSA) is 175 Å². The highest BCUT2D eigenvalue weighted by Gasteiger charge is 2.47. The highest BCUT2D eigenvalue weighted by Crippen LogP contribution is 2.34. The van der Waals surface area contributed by atoms with E-state index in [-0.39, 0.29) is 35.7 Å². The number of nitrogens with one attached hydrogen (secondary N) is 4. The lowest BCUT2D eigenvalue weighted by atomic mass is 9.98. The number of anilines is 2. The zero-order valence-electron chi connectivity index (χ0n) is 28.1. The third-order valence-corrected chi connectivity index (χ3v) is 10.1. The van der Waals surface area contributed by atoms with Gasteiger partial charge in [0.05, 0.1) is 14.2 Å². The lowest BCUT2D eigenvalue weighted by molar-refractivity contribution is -0.143. The third-order valence-electron chi connectivity index (χ3n) is 10.1. The summed E-state index contributed by atoms with van der Waals surface area (Å²) in [5, 5.41) is 11.0. The van der Waals surface area contributed by atoms with Gasteiger partial charge in [-0.1, -0.05) is 36.4 Å². The van der Waals surface area contributed by atoms with Crippen LogP contribution in [-0.4, -0.2) is 96.1 Å². The number of fused-ring (bicyclic) bond motifs is 2. The van der Waals surface area contributed by atoms with Crippen LogP contribution in [0.25, 0.3) is 12.2 Å². The van der Waals surface area contributed by atoms with Gasteiger partial charge in [0.25, 0.3) is 0 Å². The maximum absolute atomic E-state index is 13.2. The Morgan fingerprint density at radius 3 is 1.30 bits per heavy atom. The fourth-order valence-electron chi connectivity index (χ4n) is 7.51. The maximum atomic E-state index is 13.2. The van der Waals surface area contributed by atoms with Crippen LogP contribution in [0, 0.1) is 0 Å². The Bertz CT molecular complexity index is 1540. The van der Waals surface area contributed by atoms with Crippen molar-refractivity contribution in [1.29, 1.82) is 0 Å². The molecule has 50 heavy (non-hydrogen) atoms. The van der Waals surface area contributed by atoms with E-state index >= 15 is 0 Å². The number of amides is 6. The molecule has 0 aliphatic carbocycles. The van der Waals surface area contributed by atoms with Gasteiger partial charge >= 0.3 is 12.2 Å². The van der Waals surface area contributed by atoms with E-state index in [1.54, 1.807) is 34.1 Å². The van der Waals surface area contributed by atoms with Crippen molar-refractivity contribution in [2.75, 3.05) is 24.9 Å². The summed E-state index contributed by atoms with van der Waals surface area (Å²) < 4.78 is 9.28. The molecule has 6 amide bonds. The highest BCUT2D eigenvalue weighted by atomic mass is 16.5. The number of piperidine rings is 2. The average molecular weight is 687 g/mol. The molecular weight excluding hydrogens is 644 g/mol. The van der Waals surface area contributed by atoms with E-state index < -0.39 is 36.4 Å². The van der Waals surface area contributed by atoms with E-state index in [0.717, 1.165) is 24.0 Å². The van der Waals surface area contributed by atoms with Crippen LogP contribution in [0.3, 0.4) is 0 Å². The van der Waals surface area contributed by atoms with Crippen molar-refractivity contribution in [1.82, 2.24) is 20.4 Å². The van der Waals surface area contributed by atoms with Crippen LogP contribution >= 0.6 is 0 Å². The van der Waals surface area contributed by atoms with E-state index in [9.17, 15) is 28.8 Å². The van der Waals surface area contributed by atoms with Crippen molar-refractivity contribution in [3.05, 3.63) is 59.7 Å². The molecular formula is C36H42N6O8. The molecule has 2 aromatic rings. The normalized spacial score (nSPS) is 25.8. The standard InChI is InChI=1S/C36H42N6O8/c1-49-35(47)39-27-17-13-25-15-19-29(41(25)33(27)45)31(43)37-23-9-5-21(6-10-23)3-4-22-7-11-24(12-8-22)38-32(44)30-20-16-26-14-18-28(34(46)42(26)30)40-36(48)50-2/h3-12,25-30H,13-20H2,1-2H3,(H,37,43)(H,38,44)(H,39,47)(H,40,48)/b4-3+/t25-,26-,27-,28-,29-,30-/m0/s1. The lowest BCUT2D eigenvalue weighted by Gasteiger charge is -2.37. The maximum Gasteiger partial charge on any atom is 0.407 e. The Morgan fingerprint density at radius 1 is 0.580 bits per heavy atom. The molecule has 14 nitrogen and oxygen atoms in total. The van der Waals surface area contributed by atoms with Crippen LogP contribution in [0.5, 0.6) is 0 Å². The number of hydrogen-bond donors (Lipinski definition) is 4. The number of carbonyl (C=O) groups excluding carboxylic acids is 6. The number of carbonyl (C=O) groups is 6. The number of benzene rings is 2. The van der Waals surface area contributed by atoms with E-state index in [4.69, 9.17) is 0 Å². The van der Waals surface area contributed by atoms with Crippen LogP contribution in [-0.2, 0) is 28.7 Å². The van der Waals surface area contributed by atoms with Crippen LogP contribution < -0.4 is 21.3 Å². The Balaban J connectivity index is 1.00. The van der Waals surface area contributed by atoms with Crippen LogP contribution in [0.15, 0.2) is 48.5 Å². The summed E-state index contributed by atoms with van der Waals surface area (Å²) in [6.07, 6.45) is 7.59. The Kier molecular flexibility index (Phi) is 10.3. The summed E-state index contributed by atoms with van der Waals surface area (Å²) >= 11 is 0. The summed E-state index contributed by atoms with van der Waals surface area (Å²) in [5.74, 6) is -1.04. The van der Waals surface area contributed by atoms with Gasteiger partial charge in [0.1, 0.15) is 24.2 Å². The first-order valence-electron chi connectivity index (χ1n) is 17.0. The molecule has 0 spiro atoms. The van der Waals surface area contributed by atoms with Gasteiger partial charge in [0.2, 0.25) is 23.6 Å². The summed E-state index contributed by atoms with van der Waals surface area (Å²) in [4.78, 5) is 79.2. The number of ether oxygens (including phenoxy) is 2. The Morgan fingerprint density at radius 2 is 0.940 bits per heavy atom. The smallest absolute Gasteiger partial charge is 0.407 e. The monoisotopic (exact) mass is 686 g/mol. The molecule has 4 fully saturated rings.